The molecule has 0 aromatic carbocycles. The van der Waals surface area contributed by atoms with Gasteiger partial charge < -0.3 is 0 Å². The molecule has 0 spiro atoms. The van der Waals surface area contributed by atoms with Gasteiger partial charge in [-0.05, 0) is 13.8 Å². The summed E-state index contributed by atoms with van der Waals surface area (Å²) in [6.45, 7) is 4.71. The van der Waals surface area contributed by atoms with Gasteiger partial charge >= 0.3 is 5.69 Å². The predicted octanol–water partition coefficient (Wildman–Crippen LogP) is 0.763. The van der Waals surface area contributed by atoms with E-state index in [4.69, 9.17) is 11.6 Å². The molecule has 0 amide bonds. The zero-order valence-corrected chi connectivity index (χ0v) is 10.9. The van der Waals surface area contributed by atoms with Gasteiger partial charge in [-0.25, -0.2) is 4.79 Å². The molecular weight excluding hydrogens is 256 g/mol. The van der Waals surface area contributed by atoms with Gasteiger partial charge in [-0.2, -0.15) is 5.10 Å². The molecule has 0 atom stereocenters. The van der Waals surface area contributed by atoms with E-state index in [9.17, 15) is 9.59 Å². The first-order chi connectivity index (χ1) is 8.52. The van der Waals surface area contributed by atoms with Crippen LogP contribution >= 0.6 is 11.6 Å². The van der Waals surface area contributed by atoms with Crippen LogP contribution in [-0.2, 0) is 13.1 Å². The van der Waals surface area contributed by atoms with Gasteiger partial charge in [-0.1, -0.05) is 11.6 Å². The highest BCUT2D eigenvalue weighted by Gasteiger charge is 2.13. The quantitative estimate of drug-likeness (QED) is 0.893. The first-order valence-electron chi connectivity index (χ1n) is 5.54. The Kier molecular flexibility index (Phi) is 3.38. The summed E-state index contributed by atoms with van der Waals surface area (Å²) in [5.74, 6) is 0. The lowest BCUT2D eigenvalue weighted by Gasteiger charge is -2.07. The number of H-pyrrole nitrogens is 1. The van der Waals surface area contributed by atoms with Crippen LogP contribution in [0.1, 0.15) is 18.3 Å². The van der Waals surface area contributed by atoms with Gasteiger partial charge in [-0.3, -0.25) is 19.0 Å². The Morgan fingerprint density at radius 1 is 1.44 bits per heavy atom. The number of aromatic nitrogens is 4. The van der Waals surface area contributed by atoms with Crippen molar-refractivity contribution in [1.82, 2.24) is 19.3 Å². The van der Waals surface area contributed by atoms with E-state index in [2.05, 4.69) is 10.1 Å². The number of nitrogens with one attached hydrogen (secondary N) is 1. The fraction of sp³-hybridized carbons (Fsp3) is 0.364. The SMILES string of the molecule is CCn1nc(C)c(Cl)c1Cn1ccc(=O)[nH]c1=O. The average molecular weight is 269 g/mol. The summed E-state index contributed by atoms with van der Waals surface area (Å²) in [5.41, 5.74) is 0.611. The fourth-order valence-electron chi connectivity index (χ4n) is 1.75. The van der Waals surface area contributed by atoms with Gasteiger partial charge in [0.25, 0.3) is 5.56 Å². The lowest BCUT2D eigenvalue weighted by atomic mass is 10.3. The van der Waals surface area contributed by atoms with Crippen LogP contribution in [0.25, 0.3) is 0 Å². The number of aromatic amines is 1. The Balaban J connectivity index is 2.45. The maximum atomic E-state index is 11.6. The number of rotatable bonds is 3. The van der Waals surface area contributed by atoms with Crippen molar-refractivity contribution in [1.29, 1.82) is 0 Å². The Morgan fingerprint density at radius 2 is 2.17 bits per heavy atom. The van der Waals surface area contributed by atoms with E-state index in [1.54, 1.807) is 4.68 Å². The largest absolute Gasteiger partial charge is 0.328 e. The first kappa shape index (κ1) is 12.6. The molecule has 2 aromatic rings. The molecule has 0 unspecified atom stereocenters. The van der Waals surface area contributed by atoms with Crippen LogP contribution in [0.4, 0.5) is 0 Å². The van der Waals surface area contributed by atoms with E-state index in [0.29, 0.717) is 11.6 Å². The Morgan fingerprint density at radius 3 is 2.78 bits per heavy atom. The maximum absolute atomic E-state index is 11.6. The Hall–Kier alpha value is -1.82. The van der Waals surface area contributed by atoms with E-state index in [1.165, 1.54) is 16.8 Å². The fourth-order valence-corrected chi connectivity index (χ4v) is 1.95. The molecule has 7 heteroatoms. The third-order valence-corrected chi connectivity index (χ3v) is 3.16. The van der Waals surface area contributed by atoms with E-state index >= 15 is 0 Å². The van der Waals surface area contributed by atoms with Crippen LogP contribution in [0.5, 0.6) is 0 Å². The van der Waals surface area contributed by atoms with E-state index in [-0.39, 0.29) is 6.54 Å². The molecule has 2 rings (SSSR count). The summed E-state index contributed by atoms with van der Waals surface area (Å²) in [5, 5.41) is 4.82. The number of halogens is 1. The van der Waals surface area contributed by atoms with Gasteiger partial charge in [0.2, 0.25) is 0 Å². The van der Waals surface area contributed by atoms with Crippen molar-refractivity contribution in [3.63, 3.8) is 0 Å². The Labute approximate surface area is 108 Å². The molecule has 0 radical (unpaired) electrons. The first-order valence-corrected chi connectivity index (χ1v) is 5.92. The van der Waals surface area contributed by atoms with Crippen molar-refractivity contribution in [3.05, 3.63) is 49.5 Å². The van der Waals surface area contributed by atoms with Crippen LogP contribution in [0.2, 0.25) is 5.02 Å². The lowest BCUT2D eigenvalue weighted by Crippen LogP contribution is -2.29. The minimum Gasteiger partial charge on any atom is -0.295 e. The molecule has 0 saturated heterocycles. The smallest absolute Gasteiger partial charge is 0.295 e. The molecule has 1 N–H and O–H groups in total. The highest BCUT2D eigenvalue weighted by molar-refractivity contribution is 6.31. The van der Waals surface area contributed by atoms with Crippen LogP contribution < -0.4 is 11.2 Å². The molecule has 96 valence electrons. The highest BCUT2D eigenvalue weighted by Crippen LogP contribution is 2.20. The molecule has 6 nitrogen and oxygen atoms in total. The number of hydrogen-bond acceptors (Lipinski definition) is 3. The molecule has 0 bridgehead atoms. The number of aryl methyl sites for hydroxylation is 2. The topological polar surface area (TPSA) is 72.7 Å². The van der Waals surface area contributed by atoms with Crippen molar-refractivity contribution in [2.24, 2.45) is 0 Å². The second-order valence-electron chi connectivity index (χ2n) is 3.90. The van der Waals surface area contributed by atoms with Crippen molar-refractivity contribution in [3.8, 4) is 0 Å². The van der Waals surface area contributed by atoms with Gasteiger partial charge in [0.05, 0.1) is 23.0 Å². The van der Waals surface area contributed by atoms with Crippen molar-refractivity contribution < 1.29 is 0 Å². The van der Waals surface area contributed by atoms with Gasteiger partial charge in [0.15, 0.2) is 0 Å². The molecule has 0 fully saturated rings. The minimum absolute atomic E-state index is 0.281. The zero-order valence-electron chi connectivity index (χ0n) is 10.1. The Bertz CT molecular complexity index is 683. The second kappa shape index (κ2) is 4.81. The van der Waals surface area contributed by atoms with Gasteiger partial charge in [-0.15, -0.1) is 0 Å². The third kappa shape index (κ3) is 2.24. The van der Waals surface area contributed by atoms with E-state index < -0.39 is 11.2 Å². The van der Waals surface area contributed by atoms with Crippen LogP contribution in [0, 0.1) is 6.92 Å². The normalized spacial score (nSPS) is 10.8. The lowest BCUT2D eigenvalue weighted by molar-refractivity contribution is 0.586. The number of nitrogens with zero attached hydrogens (tertiary/aromatic N) is 3. The average Bonchev–Trinajstić information content (AvgIpc) is 2.60. The number of hydrogen-bond donors (Lipinski definition) is 1. The molecule has 2 aromatic heterocycles. The van der Waals surface area contributed by atoms with Crippen LogP contribution in [0.3, 0.4) is 0 Å². The highest BCUT2D eigenvalue weighted by atomic mass is 35.5. The minimum atomic E-state index is -0.458. The van der Waals surface area contributed by atoms with Crippen LogP contribution in [0.15, 0.2) is 21.9 Å². The van der Waals surface area contributed by atoms with Crippen molar-refractivity contribution in [2.45, 2.75) is 26.9 Å². The maximum Gasteiger partial charge on any atom is 0.328 e. The molecule has 2 heterocycles. The summed E-state index contributed by atoms with van der Waals surface area (Å²) < 4.78 is 3.13. The monoisotopic (exact) mass is 268 g/mol. The van der Waals surface area contributed by atoms with Gasteiger partial charge in [0, 0.05) is 18.8 Å². The summed E-state index contributed by atoms with van der Waals surface area (Å²) in [6.07, 6.45) is 1.44. The van der Waals surface area contributed by atoms with Crippen molar-refractivity contribution >= 4 is 11.6 Å². The van der Waals surface area contributed by atoms with E-state index in [0.717, 1.165) is 11.4 Å². The summed E-state index contributed by atoms with van der Waals surface area (Å²) in [6, 6.07) is 1.30. The predicted molar refractivity (Wildman–Crippen MR) is 68.1 cm³/mol. The molecule has 0 aliphatic carbocycles. The standard InChI is InChI=1S/C11H13ClN4O2/c1-3-16-8(10(12)7(2)14-16)6-15-5-4-9(17)13-11(15)18/h4-5H,3,6H2,1-2H3,(H,13,17,18). The van der Waals surface area contributed by atoms with Crippen LogP contribution in [-0.4, -0.2) is 19.3 Å². The third-order valence-electron chi connectivity index (χ3n) is 2.67. The van der Waals surface area contributed by atoms with E-state index in [1.807, 2.05) is 13.8 Å². The molecule has 0 aliphatic rings. The molecular formula is C11H13ClN4O2. The summed E-state index contributed by atoms with van der Waals surface area (Å²) in [7, 11) is 0. The van der Waals surface area contributed by atoms with Crippen molar-refractivity contribution in [2.75, 3.05) is 0 Å². The molecule has 0 saturated carbocycles. The summed E-state index contributed by atoms with van der Waals surface area (Å²) in [4.78, 5) is 24.8. The second-order valence-corrected chi connectivity index (χ2v) is 4.28. The van der Waals surface area contributed by atoms with Gasteiger partial charge in [0.1, 0.15) is 0 Å². The zero-order chi connectivity index (χ0) is 13.3. The molecule has 0 aliphatic heterocycles. The molecule has 18 heavy (non-hydrogen) atoms. The summed E-state index contributed by atoms with van der Waals surface area (Å²) >= 11 is 6.16.